The number of hydrogen-bond donors (Lipinski definition) is 0. The zero-order valence-corrected chi connectivity index (χ0v) is 21.8. The van der Waals surface area contributed by atoms with E-state index in [0.717, 1.165) is 11.9 Å². The first-order valence-corrected chi connectivity index (χ1v) is 11.8. The van der Waals surface area contributed by atoms with Gasteiger partial charge in [-0.15, -0.1) is 0 Å². The molecule has 1 aliphatic heterocycles. The standard InChI is InChI=1S/C26H28F7N3O3/c1-24(2,3)39-23(38)36-13-20(15-6-8-18(27)9-7-15)21(14-36)35(5)22(37)34(4)19-11-16(25(28,29)30)10-17(12-19)26(31,32)33/h6-12,20-21H,13-14H2,1-5H3/t20-,21-/m0/s1. The molecule has 214 valence electrons. The summed E-state index contributed by atoms with van der Waals surface area (Å²) in [6.45, 7) is 5.05. The average molecular weight is 564 g/mol. The molecule has 3 rings (SSSR count). The number of amides is 3. The van der Waals surface area contributed by atoms with Gasteiger partial charge in [0.2, 0.25) is 0 Å². The Kier molecular flexibility index (Phi) is 8.14. The third-order valence-electron chi connectivity index (χ3n) is 6.28. The van der Waals surface area contributed by atoms with Crippen LogP contribution < -0.4 is 4.90 Å². The Hall–Kier alpha value is -3.51. The first kappa shape index (κ1) is 30.0. The first-order valence-electron chi connectivity index (χ1n) is 11.8. The van der Waals surface area contributed by atoms with E-state index in [0.29, 0.717) is 22.6 Å². The molecule has 0 spiro atoms. The maximum Gasteiger partial charge on any atom is 0.416 e. The SMILES string of the molecule is CN(C(=O)N(C)[C@H]1CN(C(=O)OC(C)(C)C)C[C@H]1c1ccc(F)cc1)c1cc(C(F)(F)F)cc(C(F)(F)F)c1. The summed E-state index contributed by atoms with van der Waals surface area (Å²) in [5, 5.41) is 0. The predicted octanol–water partition coefficient (Wildman–Crippen LogP) is 6.75. The normalized spacial score (nSPS) is 18.2. The lowest BCUT2D eigenvalue weighted by Crippen LogP contribution is -2.48. The maximum atomic E-state index is 13.6. The fourth-order valence-corrected chi connectivity index (χ4v) is 4.31. The topological polar surface area (TPSA) is 53.1 Å². The Morgan fingerprint density at radius 3 is 1.85 bits per heavy atom. The quantitative estimate of drug-likeness (QED) is 0.388. The number of ether oxygens (including phenoxy) is 1. The van der Waals surface area contributed by atoms with Crippen LogP contribution in [0.5, 0.6) is 0 Å². The van der Waals surface area contributed by atoms with Gasteiger partial charge in [0.25, 0.3) is 0 Å². The van der Waals surface area contributed by atoms with E-state index < -0.39 is 64.7 Å². The summed E-state index contributed by atoms with van der Waals surface area (Å²) in [5.41, 5.74) is -3.98. The van der Waals surface area contributed by atoms with Gasteiger partial charge in [-0.25, -0.2) is 14.0 Å². The van der Waals surface area contributed by atoms with Crippen molar-refractivity contribution in [3.63, 3.8) is 0 Å². The summed E-state index contributed by atoms with van der Waals surface area (Å²) in [6.07, 6.45) is -10.8. The monoisotopic (exact) mass is 563 g/mol. The fraction of sp³-hybridized carbons (Fsp3) is 0.462. The molecule has 0 saturated carbocycles. The van der Waals surface area contributed by atoms with Crippen LogP contribution in [-0.4, -0.2) is 60.8 Å². The van der Waals surface area contributed by atoms with Gasteiger partial charge >= 0.3 is 24.5 Å². The predicted molar refractivity (Wildman–Crippen MR) is 129 cm³/mol. The van der Waals surface area contributed by atoms with E-state index in [4.69, 9.17) is 4.74 Å². The molecular formula is C26H28F7N3O3. The van der Waals surface area contributed by atoms with Gasteiger partial charge < -0.3 is 14.5 Å². The first-order chi connectivity index (χ1) is 17.8. The molecule has 1 saturated heterocycles. The second kappa shape index (κ2) is 10.6. The van der Waals surface area contributed by atoms with Crippen LogP contribution in [0.3, 0.4) is 0 Å². The molecule has 2 aromatic rings. The number of halogens is 7. The van der Waals surface area contributed by atoms with E-state index in [1.54, 1.807) is 20.8 Å². The molecule has 2 aromatic carbocycles. The molecule has 0 aromatic heterocycles. The second-order valence-corrected chi connectivity index (χ2v) is 10.3. The minimum absolute atomic E-state index is 0.0220. The second-order valence-electron chi connectivity index (χ2n) is 10.3. The van der Waals surface area contributed by atoms with Crippen molar-refractivity contribution in [3.8, 4) is 0 Å². The van der Waals surface area contributed by atoms with Gasteiger partial charge in [-0.1, -0.05) is 12.1 Å². The Balaban J connectivity index is 1.95. The molecule has 1 aliphatic rings. The molecule has 0 aliphatic carbocycles. The molecule has 1 heterocycles. The lowest BCUT2D eigenvalue weighted by molar-refractivity contribution is -0.143. The summed E-state index contributed by atoms with van der Waals surface area (Å²) in [7, 11) is 2.39. The number of urea groups is 1. The molecule has 0 unspecified atom stereocenters. The van der Waals surface area contributed by atoms with E-state index in [1.807, 2.05) is 0 Å². The Morgan fingerprint density at radius 1 is 0.872 bits per heavy atom. The number of hydrogen-bond acceptors (Lipinski definition) is 3. The van der Waals surface area contributed by atoms with Gasteiger partial charge in [-0.05, 0) is 56.7 Å². The molecular weight excluding hydrogens is 535 g/mol. The lowest BCUT2D eigenvalue weighted by atomic mass is 9.93. The number of likely N-dealkylation sites (N-methyl/N-ethyl adjacent to an activating group) is 1. The zero-order valence-electron chi connectivity index (χ0n) is 21.8. The lowest BCUT2D eigenvalue weighted by Gasteiger charge is -2.33. The van der Waals surface area contributed by atoms with Gasteiger partial charge in [0.15, 0.2) is 0 Å². The number of carbonyl (C=O) groups excluding carboxylic acids is 2. The number of rotatable bonds is 3. The number of carbonyl (C=O) groups is 2. The number of benzene rings is 2. The highest BCUT2D eigenvalue weighted by molar-refractivity contribution is 5.92. The molecule has 0 radical (unpaired) electrons. The molecule has 0 N–H and O–H groups in total. The van der Waals surface area contributed by atoms with Crippen molar-refractivity contribution >= 4 is 17.8 Å². The van der Waals surface area contributed by atoms with E-state index in [9.17, 15) is 40.3 Å². The van der Waals surface area contributed by atoms with Crippen LogP contribution in [0.1, 0.15) is 43.4 Å². The number of anilines is 1. The summed E-state index contributed by atoms with van der Waals surface area (Å²) < 4.78 is 99.1. The van der Waals surface area contributed by atoms with Crippen LogP contribution in [0.2, 0.25) is 0 Å². The van der Waals surface area contributed by atoms with Crippen LogP contribution in [0.4, 0.5) is 46.0 Å². The molecule has 0 bridgehead atoms. The third kappa shape index (κ3) is 7.12. The molecule has 3 amide bonds. The molecule has 6 nitrogen and oxygen atoms in total. The summed E-state index contributed by atoms with van der Waals surface area (Å²) >= 11 is 0. The summed E-state index contributed by atoms with van der Waals surface area (Å²) in [6, 6.07) is 4.60. The zero-order chi connectivity index (χ0) is 29.5. The number of alkyl halides is 6. The van der Waals surface area contributed by atoms with Gasteiger partial charge in [-0.2, -0.15) is 26.3 Å². The van der Waals surface area contributed by atoms with Crippen LogP contribution >= 0.6 is 0 Å². The van der Waals surface area contributed by atoms with Crippen molar-refractivity contribution in [2.45, 2.75) is 50.7 Å². The highest BCUT2D eigenvalue weighted by atomic mass is 19.4. The Morgan fingerprint density at radius 2 is 1.38 bits per heavy atom. The minimum Gasteiger partial charge on any atom is -0.444 e. The maximum absolute atomic E-state index is 13.6. The number of likely N-dealkylation sites (tertiary alicyclic amines) is 1. The van der Waals surface area contributed by atoms with E-state index >= 15 is 0 Å². The molecule has 39 heavy (non-hydrogen) atoms. The Labute approximate surface area is 220 Å². The van der Waals surface area contributed by atoms with Crippen LogP contribution in [-0.2, 0) is 17.1 Å². The highest BCUT2D eigenvalue weighted by Crippen LogP contribution is 2.39. The van der Waals surface area contributed by atoms with Gasteiger partial charge in [0.1, 0.15) is 11.4 Å². The summed E-state index contributed by atoms with van der Waals surface area (Å²) in [4.78, 5) is 29.3. The Bertz CT molecular complexity index is 1170. The van der Waals surface area contributed by atoms with Crippen molar-refractivity contribution in [1.82, 2.24) is 9.80 Å². The van der Waals surface area contributed by atoms with Crippen molar-refractivity contribution < 1.29 is 45.1 Å². The van der Waals surface area contributed by atoms with Gasteiger partial charge in [0, 0.05) is 38.8 Å². The van der Waals surface area contributed by atoms with Crippen molar-refractivity contribution in [2.24, 2.45) is 0 Å². The van der Waals surface area contributed by atoms with Crippen LogP contribution in [0.25, 0.3) is 0 Å². The highest BCUT2D eigenvalue weighted by Gasteiger charge is 2.43. The van der Waals surface area contributed by atoms with E-state index in [1.165, 1.54) is 36.2 Å². The minimum atomic E-state index is -5.08. The van der Waals surface area contributed by atoms with Crippen molar-refractivity contribution in [1.29, 1.82) is 0 Å². The smallest absolute Gasteiger partial charge is 0.416 e. The van der Waals surface area contributed by atoms with Gasteiger partial charge in [-0.3, -0.25) is 4.90 Å². The summed E-state index contributed by atoms with van der Waals surface area (Å²) in [5.74, 6) is -1.06. The van der Waals surface area contributed by atoms with Crippen LogP contribution in [0.15, 0.2) is 42.5 Å². The average Bonchev–Trinajstić information content (AvgIpc) is 3.26. The molecule has 2 atom stereocenters. The van der Waals surface area contributed by atoms with Crippen molar-refractivity contribution in [3.05, 3.63) is 65.0 Å². The van der Waals surface area contributed by atoms with E-state index in [-0.39, 0.29) is 19.2 Å². The van der Waals surface area contributed by atoms with E-state index in [2.05, 4.69) is 0 Å². The largest absolute Gasteiger partial charge is 0.444 e. The fourth-order valence-electron chi connectivity index (χ4n) is 4.31. The number of nitrogens with zero attached hydrogens (tertiary/aromatic N) is 3. The third-order valence-corrected chi connectivity index (χ3v) is 6.28. The van der Waals surface area contributed by atoms with Crippen LogP contribution in [0, 0.1) is 5.82 Å². The molecule has 13 heteroatoms. The molecule has 1 fully saturated rings. The van der Waals surface area contributed by atoms with Gasteiger partial charge in [0.05, 0.1) is 17.2 Å². The van der Waals surface area contributed by atoms with Crippen molar-refractivity contribution in [2.75, 3.05) is 32.1 Å².